The van der Waals surface area contributed by atoms with E-state index in [9.17, 15) is 18.4 Å². The van der Waals surface area contributed by atoms with Crippen LogP contribution < -0.4 is 4.90 Å². The Morgan fingerprint density at radius 1 is 1.42 bits per heavy atom. The van der Waals surface area contributed by atoms with Gasteiger partial charge in [0.15, 0.2) is 0 Å². The van der Waals surface area contributed by atoms with Gasteiger partial charge in [0.25, 0.3) is 0 Å². The minimum absolute atomic E-state index is 0.136. The van der Waals surface area contributed by atoms with E-state index < -0.39 is 23.2 Å². The summed E-state index contributed by atoms with van der Waals surface area (Å²) in [6, 6.07) is 1.56. The molecule has 0 radical (unpaired) electrons. The molecule has 1 fully saturated rings. The molecule has 1 heterocycles. The highest BCUT2D eigenvalue weighted by molar-refractivity contribution is 7.81. The number of rotatable bonds is 2. The Morgan fingerprint density at radius 3 is 2.63 bits per heavy atom. The Kier molecular flexibility index (Phi) is 3.75. The summed E-state index contributed by atoms with van der Waals surface area (Å²) < 4.78 is 31.6. The number of thiol groups is 1. The van der Waals surface area contributed by atoms with Crippen molar-refractivity contribution in [2.24, 2.45) is 0 Å². The number of benzene rings is 1. The summed E-state index contributed by atoms with van der Waals surface area (Å²) in [5, 5.41) is -0.210. The van der Waals surface area contributed by atoms with Crippen molar-refractivity contribution >= 4 is 30.2 Å². The second-order valence-corrected chi connectivity index (χ2v) is 4.87. The van der Waals surface area contributed by atoms with Crippen LogP contribution in [0.3, 0.4) is 0 Å². The van der Waals surface area contributed by atoms with E-state index in [1.165, 1.54) is 0 Å². The number of methoxy groups -OCH3 is 1. The molecule has 0 spiro atoms. The van der Waals surface area contributed by atoms with Gasteiger partial charge in [0.1, 0.15) is 11.6 Å². The van der Waals surface area contributed by atoms with E-state index in [1.54, 1.807) is 0 Å². The molecule has 0 aliphatic carbocycles. The third kappa shape index (κ3) is 2.56. The molecule has 19 heavy (non-hydrogen) atoms. The molecule has 0 aromatic heterocycles. The molecule has 1 aliphatic rings. The second kappa shape index (κ2) is 5.16. The topological polar surface area (TPSA) is 46.6 Å². The molecule has 7 heteroatoms. The zero-order valence-electron chi connectivity index (χ0n) is 10.0. The molecule has 0 bridgehead atoms. The smallest absolute Gasteiger partial charge is 0.340 e. The first kappa shape index (κ1) is 13.8. The molecule has 102 valence electrons. The number of hydrogen-bond donors (Lipinski definition) is 1. The molecule has 2 rings (SSSR count). The second-order valence-electron chi connectivity index (χ2n) is 4.14. The molecule has 4 nitrogen and oxygen atoms in total. The van der Waals surface area contributed by atoms with Crippen molar-refractivity contribution < 1.29 is 23.1 Å². The zero-order valence-corrected chi connectivity index (χ0v) is 10.9. The molecule has 0 saturated carbocycles. The summed E-state index contributed by atoms with van der Waals surface area (Å²) in [6.45, 7) is 0.213. The van der Waals surface area contributed by atoms with Crippen LogP contribution in [0.1, 0.15) is 16.8 Å². The van der Waals surface area contributed by atoms with Crippen LogP contribution >= 0.6 is 12.6 Å². The van der Waals surface area contributed by atoms with Crippen molar-refractivity contribution in [2.45, 2.75) is 11.7 Å². The summed E-state index contributed by atoms with van der Waals surface area (Å²) in [5.74, 6) is -3.17. The fourth-order valence-corrected chi connectivity index (χ4v) is 2.25. The summed E-state index contributed by atoms with van der Waals surface area (Å²) >= 11 is 4.15. The molecule has 1 atom stereocenters. The van der Waals surface area contributed by atoms with Gasteiger partial charge in [-0.1, -0.05) is 0 Å². The Hall–Kier alpha value is -1.63. The van der Waals surface area contributed by atoms with Gasteiger partial charge in [-0.25, -0.2) is 13.6 Å². The van der Waals surface area contributed by atoms with E-state index in [0.717, 1.165) is 18.1 Å². The van der Waals surface area contributed by atoms with Gasteiger partial charge in [-0.15, -0.1) is 0 Å². The summed E-state index contributed by atoms with van der Waals surface area (Å²) in [6.07, 6.45) is 0.174. The Bertz CT molecular complexity index is 550. The summed E-state index contributed by atoms with van der Waals surface area (Å²) in [7, 11) is 1.09. The number of carbonyl (C=O) groups excluding carboxylic acids is 2. The van der Waals surface area contributed by atoms with Crippen LogP contribution in [0, 0.1) is 11.6 Å². The van der Waals surface area contributed by atoms with Crippen LogP contribution in [-0.4, -0.2) is 30.8 Å². The van der Waals surface area contributed by atoms with Crippen LogP contribution in [0.4, 0.5) is 14.5 Å². The predicted octanol–water partition coefficient (Wildman–Crippen LogP) is 1.79. The monoisotopic (exact) mass is 287 g/mol. The number of hydrogen-bond acceptors (Lipinski definition) is 4. The lowest BCUT2D eigenvalue weighted by molar-refractivity contribution is -0.117. The quantitative estimate of drug-likeness (QED) is 0.666. The van der Waals surface area contributed by atoms with Gasteiger partial charge < -0.3 is 9.64 Å². The van der Waals surface area contributed by atoms with E-state index in [2.05, 4.69) is 17.4 Å². The Labute approximate surface area is 113 Å². The number of halogens is 2. The van der Waals surface area contributed by atoms with Crippen LogP contribution in [0.15, 0.2) is 12.1 Å². The van der Waals surface area contributed by atoms with Crippen molar-refractivity contribution in [1.82, 2.24) is 0 Å². The van der Waals surface area contributed by atoms with E-state index in [0.29, 0.717) is 6.07 Å². The van der Waals surface area contributed by atoms with E-state index in [-0.39, 0.29) is 29.8 Å². The van der Waals surface area contributed by atoms with Crippen molar-refractivity contribution in [3.05, 3.63) is 29.3 Å². The van der Waals surface area contributed by atoms with Gasteiger partial charge in [0.05, 0.1) is 18.4 Å². The number of nitrogens with zero attached hydrogens (tertiary/aromatic N) is 1. The van der Waals surface area contributed by atoms with Crippen LogP contribution in [0.2, 0.25) is 0 Å². The lowest BCUT2D eigenvalue weighted by atomic mass is 10.1. The molecule has 1 saturated heterocycles. The maximum atomic E-state index is 13.7. The molecule has 1 aromatic rings. The predicted molar refractivity (Wildman–Crippen MR) is 67.4 cm³/mol. The lowest BCUT2D eigenvalue weighted by Crippen LogP contribution is -2.26. The largest absolute Gasteiger partial charge is 0.465 e. The first-order chi connectivity index (χ1) is 8.93. The zero-order chi connectivity index (χ0) is 14.2. The maximum Gasteiger partial charge on any atom is 0.340 e. The average Bonchev–Trinajstić information content (AvgIpc) is 2.67. The van der Waals surface area contributed by atoms with Crippen LogP contribution in [0.5, 0.6) is 0 Å². The van der Waals surface area contributed by atoms with Gasteiger partial charge in [0, 0.05) is 24.3 Å². The highest BCUT2D eigenvalue weighted by Gasteiger charge is 2.31. The Morgan fingerprint density at radius 2 is 2.11 bits per heavy atom. The minimum atomic E-state index is -1.03. The lowest BCUT2D eigenvalue weighted by Gasteiger charge is -2.17. The highest BCUT2D eigenvalue weighted by atomic mass is 32.1. The fourth-order valence-electron chi connectivity index (χ4n) is 1.93. The van der Waals surface area contributed by atoms with Gasteiger partial charge in [0.2, 0.25) is 5.91 Å². The van der Waals surface area contributed by atoms with Crippen molar-refractivity contribution in [1.29, 1.82) is 0 Å². The molecule has 1 unspecified atom stereocenters. The third-order valence-electron chi connectivity index (χ3n) is 2.84. The minimum Gasteiger partial charge on any atom is -0.465 e. The van der Waals surface area contributed by atoms with E-state index in [1.807, 2.05) is 0 Å². The number of esters is 1. The molecule has 1 aromatic carbocycles. The molecule has 0 N–H and O–H groups in total. The van der Waals surface area contributed by atoms with Crippen LogP contribution in [-0.2, 0) is 9.53 Å². The molecular formula is C12H11F2NO3S. The van der Waals surface area contributed by atoms with Gasteiger partial charge in [-0.3, -0.25) is 4.79 Å². The van der Waals surface area contributed by atoms with E-state index in [4.69, 9.17) is 0 Å². The van der Waals surface area contributed by atoms with Crippen molar-refractivity contribution in [3.8, 4) is 0 Å². The average molecular weight is 287 g/mol. The number of amides is 1. The number of anilines is 1. The van der Waals surface area contributed by atoms with Crippen molar-refractivity contribution in [3.63, 3.8) is 0 Å². The normalized spacial score (nSPS) is 18.8. The SMILES string of the molecule is COC(=O)c1cc(N2CC(S)CC2=O)c(F)cc1F. The highest BCUT2D eigenvalue weighted by Crippen LogP contribution is 2.29. The Balaban J connectivity index is 2.46. The van der Waals surface area contributed by atoms with Gasteiger partial charge in [-0.05, 0) is 6.07 Å². The maximum absolute atomic E-state index is 13.7. The van der Waals surface area contributed by atoms with Gasteiger partial charge in [-0.2, -0.15) is 12.6 Å². The summed E-state index contributed by atoms with van der Waals surface area (Å²) in [5.41, 5.74) is -0.544. The first-order valence-electron chi connectivity index (χ1n) is 5.49. The van der Waals surface area contributed by atoms with Crippen LogP contribution in [0.25, 0.3) is 0 Å². The first-order valence-corrected chi connectivity index (χ1v) is 6.01. The standard InChI is InChI=1S/C12H11F2NO3S/c1-18-12(17)7-3-10(9(14)4-8(7)13)15-5-6(19)2-11(15)16/h3-4,6,19H,2,5H2,1H3. The van der Waals surface area contributed by atoms with E-state index >= 15 is 0 Å². The molecule has 1 amide bonds. The van der Waals surface area contributed by atoms with Gasteiger partial charge >= 0.3 is 5.97 Å². The van der Waals surface area contributed by atoms with Crippen molar-refractivity contribution in [2.75, 3.05) is 18.6 Å². The third-order valence-corrected chi connectivity index (χ3v) is 3.18. The molecule has 1 aliphatic heterocycles. The number of carbonyl (C=O) groups is 2. The number of ether oxygens (including phenoxy) is 1. The summed E-state index contributed by atoms with van der Waals surface area (Å²) in [4.78, 5) is 24.2. The molecular weight excluding hydrogens is 276 g/mol. The fraction of sp³-hybridized carbons (Fsp3) is 0.333.